The van der Waals surface area contributed by atoms with E-state index in [2.05, 4.69) is 10.1 Å². The molecule has 0 atom stereocenters. The normalized spacial score (nSPS) is 13.3. The van der Waals surface area contributed by atoms with E-state index in [0.717, 1.165) is 16.8 Å². The summed E-state index contributed by atoms with van der Waals surface area (Å²) in [7, 11) is 1.66. The summed E-state index contributed by atoms with van der Waals surface area (Å²) in [4.78, 5) is 31.1. The number of fused-ring (bicyclic) bond motifs is 3. The Hall–Kier alpha value is -3.94. The Morgan fingerprint density at radius 2 is 1.59 bits per heavy atom. The van der Waals surface area contributed by atoms with Crippen molar-refractivity contribution < 1.29 is 0 Å². The minimum atomic E-state index is -0.360. The van der Waals surface area contributed by atoms with E-state index in [1.807, 2.05) is 72.2 Å². The number of hydrazone groups is 1. The molecule has 2 aromatic carbocycles. The molecule has 0 saturated carbocycles. The van der Waals surface area contributed by atoms with Gasteiger partial charge < -0.3 is 0 Å². The topological polar surface area (TPSA) is 77.4 Å². The fourth-order valence-corrected chi connectivity index (χ4v) is 4.16. The van der Waals surface area contributed by atoms with Gasteiger partial charge in [0.25, 0.3) is 5.56 Å². The zero-order chi connectivity index (χ0) is 22.2. The van der Waals surface area contributed by atoms with E-state index in [1.165, 1.54) is 9.13 Å². The molecule has 8 nitrogen and oxygen atoms in total. The van der Waals surface area contributed by atoms with E-state index in [0.29, 0.717) is 43.2 Å². The third-order valence-corrected chi connectivity index (χ3v) is 5.76. The molecule has 0 bridgehead atoms. The van der Waals surface area contributed by atoms with Gasteiger partial charge in [-0.3, -0.25) is 18.5 Å². The number of anilines is 1. The lowest BCUT2D eigenvalue weighted by molar-refractivity contribution is 0.600. The molecule has 8 heteroatoms. The van der Waals surface area contributed by atoms with Crippen molar-refractivity contribution in [1.82, 2.24) is 18.7 Å². The zero-order valence-electron chi connectivity index (χ0n) is 18.1. The molecule has 0 saturated heterocycles. The van der Waals surface area contributed by atoms with Crippen LogP contribution in [0.25, 0.3) is 11.2 Å². The predicted molar refractivity (Wildman–Crippen MR) is 125 cm³/mol. The van der Waals surface area contributed by atoms with Gasteiger partial charge in [-0.05, 0) is 24.5 Å². The Morgan fingerprint density at radius 1 is 0.938 bits per heavy atom. The van der Waals surface area contributed by atoms with E-state index < -0.39 is 0 Å². The van der Waals surface area contributed by atoms with Crippen molar-refractivity contribution in [2.75, 3.05) is 5.01 Å². The van der Waals surface area contributed by atoms with Gasteiger partial charge in [0.15, 0.2) is 11.2 Å². The minimum Gasteiger partial charge on any atom is -0.297 e. The fraction of sp³-hybridized carbons (Fsp3) is 0.250. The van der Waals surface area contributed by atoms with Crippen LogP contribution in [0, 0.1) is 0 Å². The number of rotatable bonds is 5. The lowest BCUT2D eigenvalue weighted by Crippen LogP contribution is -2.40. The lowest BCUT2D eigenvalue weighted by atomic mass is 10.1. The number of aryl methyl sites for hydroxylation is 2. The molecule has 0 spiro atoms. The molecule has 2 aromatic heterocycles. The largest absolute Gasteiger partial charge is 0.332 e. The van der Waals surface area contributed by atoms with Crippen molar-refractivity contribution >= 4 is 22.8 Å². The summed E-state index contributed by atoms with van der Waals surface area (Å²) in [5.41, 5.74) is 3.18. The van der Waals surface area contributed by atoms with E-state index in [-0.39, 0.29) is 11.2 Å². The van der Waals surface area contributed by atoms with Gasteiger partial charge in [0.05, 0.1) is 18.8 Å². The maximum atomic E-state index is 13.5. The number of hydrogen-bond donors (Lipinski definition) is 0. The summed E-state index contributed by atoms with van der Waals surface area (Å²) >= 11 is 0. The third kappa shape index (κ3) is 3.43. The molecular formula is C24H24N6O2. The van der Waals surface area contributed by atoms with Crippen molar-refractivity contribution in [3.8, 4) is 0 Å². The average Bonchev–Trinajstić information content (AvgIpc) is 3.19. The predicted octanol–water partition coefficient (Wildman–Crippen LogP) is 2.54. The average molecular weight is 428 g/mol. The molecule has 162 valence electrons. The Balaban J connectivity index is 1.60. The van der Waals surface area contributed by atoms with Crippen LogP contribution in [0.5, 0.6) is 0 Å². The Kier molecular flexibility index (Phi) is 4.97. The molecule has 3 heterocycles. The Labute approximate surface area is 184 Å². The molecule has 0 amide bonds. The van der Waals surface area contributed by atoms with Crippen LogP contribution < -0.4 is 16.3 Å². The quantitative estimate of drug-likeness (QED) is 0.489. The minimum absolute atomic E-state index is 0.312. The summed E-state index contributed by atoms with van der Waals surface area (Å²) in [6.45, 7) is 3.23. The molecule has 0 aliphatic carbocycles. The molecule has 1 aliphatic rings. The van der Waals surface area contributed by atoms with Crippen molar-refractivity contribution in [1.29, 1.82) is 0 Å². The highest BCUT2D eigenvalue weighted by molar-refractivity contribution is 5.87. The summed E-state index contributed by atoms with van der Waals surface area (Å²) in [6.07, 6.45) is 0.600. The molecule has 0 radical (unpaired) electrons. The van der Waals surface area contributed by atoms with Crippen LogP contribution in [0.2, 0.25) is 0 Å². The molecule has 5 rings (SSSR count). The molecule has 4 aromatic rings. The molecule has 0 fully saturated rings. The fourth-order valence-electron chi connectivity index (χ4n) is 4.16. The van der Waals surface area contributed by atoms with Crippen LogP contribution >= 0.6 is 0 Å². The summed E-state index contributed by atoms with van der Waals surface area (Å²) < 4.78 is 4.65. The number of aromatic nitrogens is 4. The molecular weight excluding hydrogens is 404 g/mol. The highest BCUT2D eigenvalue weighted by atomic mass is 16.2. The summed E-state index contributed by atoms with van der Waals surface area (Å²) in [5, 5.41) is 6.46. The molecule has 1 aliphatic heterocycles. The van der Waals surface area contributed by atoms with Gasteiger partial charge in [0.1, 0.15) is 0 Å². The Bertz CT molecular complexity index is 1430. The maximum Gasteiger partial charge on any atom is 0.332 e. The van der Waals surface area contributed by atoms with Crippen molar-refractivity contribution in [3.63, 3.8) is 0 Å². The Morgan fingerprint density at radius 3 is 2.28 bits per heavy atom. The van der Waals surface area contributed by atoms with Crippen LogP contribution in [-0.4, -0.2) is 24.4 Å². The van der Waals surface area contributed by atoms with Crippen LogP contribution in [0.15, 0.2) is 75.4 Å². The third-order valence-electron chi connectivity index (χ3n) is 5.76. The second kappa shape index (κ2) is 7.96. The van der Waals surface area contributed by atoms with Crippen molar-refractivity contribution in [3.05, 3.63) is 92.6 Å². The van der Waals surface area contributed by atoms with E-state index in [1.54, 1.807) is 12.1 Å². The second-order valence-electron chi connectivity index (χ2n) is 8.08. The van der Waals surface area contributed by atoms with Gasteiger partial charge in [0.2, 0.25) is 5.95 Å². The van der Waals surface area contributed by atoms with E-state index in [9.17, 15) is 9.59 Å². The van der Waals surface area contributed by atoms with Gasteiger partial charge in [-0.1, -0.05) is 60.7 Å². The highest BCUT2D eigenvalue weighted by Gasteiger charge is 2.26. The lowest BCUT2D eigenvalue weighted by Gasteiger charge is -2.24. The van der Waals surface area contributed by atoms with Crippen molar-refractivity contribution in [2.45, 2.75) is 33.0 Å². The first-order valence-electron chi connectivity index (χ1n) is 10.6. The standard InChI is InChI=1S/C24H24N6O2/c1-17-15-29-20-21(25-23(29)30(26-17)16-19-11-7-4-8-12-19)27(2)24(32)28(22(20)31)14-13-18-9-5-3-6-10-18/h3-12H,13-16H2,1-2H3. The van der Waals surface area contributed by atoms with E-state index in [4.69, 9.17) is 0 Å². The van der Waals surface area contributed by atoms with Gasteiger partial charge in [-0.15, -0.1) is 0 Å². The highest BCUT2D eigenvalue weighted by Crippen LogP contribution is 2.25. The maximum absolute atomic E-state index is 13.5. The SMILES string of the molecule is CC1=NN(Cc2ccccc2)c2nc3c(c(=O)n(CCc4ccccc4)c(=O)n3C)n2C1. The smallest absolute Gasteiger partial charge is 0.297 e. The van der Waals surface area contributed by atoms with Gasteiger partial charge in [-0.2, -0.15) is 10.1 Å². The molecule has 0 unspecified atom stereocenters. The van der Waals surface area contributed by atoms with Crippen molar-refractivity contribution in [2.24, 2.45) is 12.1 Å². The first-order chi connectivity index (χ1) is 15.5. The number of imidazole rings is 1. The number of hydrogen-bond acceptors (Lipinski definition) is 5. The summed E-state index contributed by atoms with van der Waals surface area (Å²) in [5.74, 6) is 0.572. The van der Waals surface area contributed by atoms with Crippen LogP contribution in [0.1, 0.15) is 18.1 Å². The first kappa shape index (κ1) is 20.0. The van der Waals surface area contributed by atoms with Crippen LogP contribution in [0.3, 0.4) is 0 Å². The monoisotopic (exact) mass is 428 g/mol. The molecule has 32 heavy (non-hydrogen) atoms. The van der Waals surface area contributed by atoms with Crippen LogP contribution in [-0.2, 0) is 33.1 Å². The van der Waals surface area contributed by atoms with Gasteiger partial charge >= 0.3 is 5.69 Å². The zero-order valence-corrected chi connectivity index (χ0v) is 18.1. The van der Waals surface area contributed by atoms with E-state index >= 15 is 0 Å². The first-order valence-corrected chi connectivity index (χ1v) is 10.6. The molecule has 0 N–H and O–H groups in total. The summed E-state index contributed by atoms with van der Waals surface area (Å²) in [6, 6.07) is 19.8. The van der Waals surface area contributed by atoms with Gasteiger partial charge in [0, 0.05) is 13.6 Å². The van der Waals surface area contributed by atoms with Crippen LogP contribution in [0.4, 0.5) is 5.95 Å². The van der Waals surface area contributed by atoms with Gasteiger partial charge in [-0.25, -0.2) is 9.80 Å². The number of benzene rings is 2. The second-order valence-corrected chi connectivity index (χ2v) is 8.08. The number of nitrogens with zero attached hydrogens (tertiary/aromatic N) is 6.